The van der Waals surface area contributed by atoms with E-state index >= 15 is 0 Å². The highest BCUT2D eigenvalue weighted by molar-refractivity contribution is 6.22. The van der Waals surface area contributed by atoms with E-state index in [0.717, 1.165) is 6.42 Å². The fraction of sp³-hybridized carbons (Fsp3) is 0.692. The molecule has 0 saturated heterocycles. The Morgan fingerprint density at radius 3 is 2.71 bits per heavy atom. The lowest BCUT2D eigenvalue weighted by Gasteiger charge is -2.10. The number of hydrogen-bond acceptors (Lipinski definition) is 0. The van der Waals surface area contributed by atoms with Crippen LogP contribution in [0.4, 0.5) is 0 Å². The fourth-order valence-corrected chi connectivity index (χ4v) is 1.92. The normalized spacial score (nSPS) is 21.0. The van der Waals surface area contributed by atoms with Crippen LogP contribution in [0.1, 0.15) is 51.9 Å². The molecule has 0 bridgehead atoms. The summed E-state index contributed by atoms with van der Waals surface area (Å²) in [5.74, 6) is 0. The minimum Gasteiger partial charge on any atom is -0.118 e. The highest BCUT2D eigenvalue weighted by Crippen LogP contribution is 2.19. The van der Waals surface area contributed by atoms with E-state index in [-0.39, 0.29) is 5.38 Å². The molecule has 0 saturated carbocycles. The lowest BCUT2D eigenvalue weighted by Crippen LogP contribution is -1.97. The van der Waals surface area contributed by atoms with E-state index in [1.54, 1.807) is 0 Å². The van der Waals surface area contributed by atoms with Crippen LogP contribution < -0.4 is 0 Å². The molecule has 0 fully saturated rings. The molecule has 0 N–H and O–H groups in total. The predicted octanol–water partition coefficient (Wildman–Crippen LogP) is 4.84. The molecular weight excluding hydrogens is 192 g/mol. The largest absolute Gasteiger partial charge is 0.118 e. The highest BCUT2D eigenvalue weighted by atomic mass is 35.5. The minimum absolute atomic E-state index is 0.235. The van der Waals surface area contributed by atoms with E-state index in [4.69, 9.17) is 11.6 Å². The smallest absolute Gasteiger partial charge is 0.0553 e. The van der Waals surface area contributed by atoms with E-state index < -0.39 is 0 Å². The van der Waals surface area contributed by atoms with Crippen molar-refractivity contribution in [3.63, 3.8) is 0 Å². The molecule has 0 aromatic carbocycles. The van der Waals surface area contributed by atoms with Crippen LogP contribution in [0.3, 0.4) is 0 Å². The first kappa shape index (κ1) is 11.8. The average Bonchev–Trinajstić information content (AvgIpc) is 2.21. The number of halogens is 1. The molecule has 1 rings (SSSR count). The number of allylic oxidation sites excluding steroid dienone is 4. The second-order valence-electron chi connectivity index (χ2n) is 4.05. The zero-order valence-electron chi connectivity index (χ0n) is 9.14. The first-order chi connectivity index (χ1) is 6.83. The molecule has 14 heavy (non-hydrogen) atoms. The maximum absolute atomic E-state index is 5.95. The van der Waals surface area contributed by atoms with Gasteiger partial charge in [-0.15, -0.1) is 11.6 Å². The van der Waals surface area contributed by atoms with Gasteiger partial charge < -0.3 is 0 Å². The summed E-state index contributed by atoms with van der Waals surface area (Å²) in [4.78, 5) is 0. The summed E-state index contributed by atoms with van der Waals surface area (Å²) in [6.07, 6.45) is 15.7. The number of rotatable bonds is 6. The molecule has 0 spiro atoms. The van der Waals surface area contributed by atoms with Crippen LogP contribution in [0, 0.1) is 0 Å². The molecule has 0 heterocycles. The van der Waals surface area contributed by atoms with Gasteiger partial charge in [-0.3, -0.25) is 0 Å². The molecule has 0 aromatic rings. The lowest BCUT2D eigenvalue weighted by molar-refractivity contribution is 0.632. The van der Waals surface area contributed by atoms with Gasteiger partial charge in [0, 0.05) is 0 Å². The number of hydrogen-bond donors (Lipinski definition) is 0. The summed E-state index contributed by atoms with van der Waals surface area (Å²) < 4.78 is 0. The van der Waals surface area contributed by atoms with Crippen molar-refractivity contribution in [3.8, 4) is 0 Å². The summed E-state index contributed by atoms with van der Waals surface area (Å²) in [6, 6.07) is 0. The Bertz CT molecular complexity index is 203. The standard InChI is InChI=1S/C13H21Cl/c1-2-3-4-5-6-7-12-8-10-13(14)11-9-12/h8-10,13H,2-7,11H2,1H3. The van der Waals surface area contributed by atoms with Crippen LogP contribution >= 0.6 is 11.6 Å². The SMILES string of the molecule is CCCCCCCC1=CCC(Cl)C=C1. The highest BCUT2D eigenvalue weighted by Gasteiger charge is 2.04. The molecule has 0 aromatic heterocycles. The summed E-state index contributed by atoms with van der Waals surface area (Å²) in [5, 5.41) is 0.235. The maximum atomic E-state index is 5.95. The Balaban J connectivity index is 2.05. The molecular formula is C13H21Cl. The Labute approximate surface area is 93.0 Å². The zero-order chi connectivity index (χ0) is 10.2. The summed E-state index contributed by atoms with van der Waals surface area (Å²) in [7, 11) is 0. The van der Waals surface area contributed by atoms with Gasteiger partial charge in [0.2, 0.25) is 0 Å². The lowest BCUT2D eigenvalue weighted by atomic mass is 10.0. The van der Waals surface area contributed by atoms with Crippen molar-refractivity contribution in [2.24, 2.45) is 0 Å². The predicted molar refractivity (Wildman–Crippen MR) is 64.9 cm³/mol. The Morgan fingerprint density at radius 2 is 2.07 bits per heavy atom. The van der Waals surface area contributed by atoms with E-state index in [2.05, 4.69) is 25.2 Å². The van der Waals surface area contributed by atoms with Gasteiger partial charge in [0.25, 0.3) is 0 Å². The van der Waals surface area contributed by atoms with Gasteiger partial charge in [-0.05, 0) is 19.3 Å². The van der Waals surface area contributed by atoms with Crippen molar-refractivity contribution >= 4 is 11.6 Å². The van der Waals surface area contributed by atoms with Crippen LogP contribution in [-0.2, 0) is 0 Å². The van der Waals surface area contributed by atoms with Crippen molar-refractivity contribution in [2.75, 3.05) is 0 Å². The van der Waals surface area contributed by atoms with Gasteiger partial charge in [-0.2, -0.15) is 0 Å². The monoisotopic (exact) mass is 212 g/mol. The zero-order valence-corrected chi connectivity index (χ0v) is 9.89. The summed E-state index contributed by atoms with van der Waals surface area (Å²) in [5.41, 5.74) is 1.48. The van der Waals surface area contributed by atoms with Crippen LogP contribution in [0.2, 0.25) is 0 Å². The Kier molecular flexibility index (Phi) is 6.02. The molecule has 0 nitrogen and oxygen atoms in total. The van der Waals surface area contributed by atoms with Gasteiger partial charge in [0.05, 0.1) is 5.38 Å². The topological polar surface area (TPSA) is 0 Å². The number of unbranched alkanes of at least 4 members (excludes halogenated alkanes) is 4. The molecule has 0 amide bonds. The van der Waals surface area contributed by atoms with Gasteiger partial charge >= 0.3 is 0 Å². The van der Waals surface area contributed by atoms with E-state index in [1.807, 2.05) is 0 Å². The molecule has 1 aliphatic rings. The first-order valence-electron chi connectivity index (χ1n) is 5.84. The third-order valence-corrected chi connectivity index (χ3v) is 3.02. The van der Waals surface area contributed by atoms with E-state index in [0.29, 0.717) is 0 Å². The van der Waals surface area contributed by atoms with Gasteiger partial charge in [0.15, 0.2) is 0 Å². The van der Waals surface area contributed by atoms with Crippen molar-refractivity contribution in [1.82, 2.24) is 0 Å². The minimum atomic E-state index is 0.235. The fourth-order valence-electron chi connectivity index (χ4n) is 1.76. The van der Waals surface area contributed by atoms with Gasteiger partial charge in [0.1, 0.15) is 0 Å². The quantitative estimate of drug-likeness (QED) is 0.437. The molecule has 0 radical (unpaired) electrons. The molecule has 1 unspecified atom stereocenters. The van der Waals surface area contributed by atoms with Crippen molar-refractivity contribution < 1.29 is 0 Å². The molecule has 1 aliphatic carbocycles. The average molecular weight is 213 g/mol. The van der Waals surface area contributed by atoms with Crippen molar-refractivity contribution in [3.05, 3.63) is 23.8 Å². The molecule has 80 valence electrons. The Hall–Kier alpha value is -0.230. The van der Waals surface area contributed by atoms with E-state index in [1.165, 1.54) is 44.1 Å². The van der Waals surface area contributed by atoms with Crippen molar-refractivity contribution in [2.45, 2.75) is 57.2 Å². The molecule has 1 atom stereocenters. The van der Waals surface area contributed by atoms with Crippen LogP contribution in [-0.4, -0.2) is 5.38 Å². The summed E-state index contributed by atoms with van der Waals surface area (Å²) in [6.45, 7) is 2.26. The molecule has 1 heteroatoms. The first-order valence-corrected chi connectivity index (χ1v) is 6.28. The van der Waals surface area contributed by atoms with Crippen LogP contribution in [0.15, 0.2) is 23.8 Å². The second kappa shape index (κ2) is 7.11. The maximum Gasteiger partial charge on any atom is 0.0553 e. The molecule has 0 aliphatic heterocycles. The van der Waals surface area contributed by atoms with E-state index in [9.17, 15) is 0 Å². The second-order valence-corrected chi connectivity index (χ2v) is 4.61. The van der Waals surface area contributed by atoms with Crippen molar-refractivity contribution in [1.29, 1.82) is 0 Å². The third-order valence-electron chi connectivity index (χ3n) is 2.69. The van der Waals surface area contributed by atoms with Crippen LogP contribution in [0.25, 0.3) is 0 Å². The number of alkyl halides is 1. The van der Waals surface area contributed by atoms with Crippen LogP contribution in [0.5, 0.6) is 0 Å². The van der Waals surface area contributed by atoms with Gasteiger partial charge in [-0.1, -0.05) is 56.4 Å². The summed E-state index contributed by atoms with van der Waals surface area (Å²) >= 11 is 5.95. The third kappa shape index (κ3) is 4.85. The Morgan fingerprint density at radius 1 is 1.29 bits per heavy atom. The van der Waals surface area contributed by atoms with Gasteiger partial charge in [-0.25, -0.2) is 0 Å².